The first-order valence-corrected chi connectivity index (χ1v) is 11.0. The minimum Gasteiger partial charge on any atom is -0.459 e. The third kappa shape index (κ3) is 5.57. The highest BCUT2D eigenvalue weighted by Gasteiger charge is 2.30. The molecular weight excluding hydrogens is 410 g/mol. The van der Waals surface area contributed by atoms with E-state index in [0.29, 0.717) is 25.1 Å². The molecule has 0 aliphatic carbocycles. The van der Waals surface area contributed by atoms with Crippen LogP contribution in [0.3, 0.4) is 0 Å². The first kappa shape index (κ1) is 23.6. The number of aromatic nitrogens is 3. The Morgan fingerprint density at radius 1 is 1.16 bits per heavy atom. The molecule has 2 aromatic rings. The third-order valence-corrected chi connectivity index (χ3v) is 5.54. The first-order valence-electron chi connectivity index (χ1n) is 11.0. The number of hydrogen-bond donors (Lipinski definition) is 0. The average Bonchev–Trinajstić information content (AvgIpc) is 3.27. The monoisotopic (exact) mass is 443 g/mol. The maximum atomic E-state index is 13.3. The minimum atomic E-state index is -0.604. The molecule has 1 atom stereocenters. The van der Waals surface area contributed by atoms with Gasteiger partial charge in [0.25, 0.3) is 5.91 Å². The molecule has 1 aliphatic rings. The lowest BCUT2D eigenvalue weighted by Gasteiger charge is -2.31. The summed E-state index contributed by atoms with van der Waals surface area (Å²) in [6.45, 7) is 7.90. The number of likely N-dealkylation sites (tertiary alicyclic amines) is 1. The van der Waals surface area contributed by atoms with E-state index in [-0.39, 0.29) is 24.4 Å². The molecule has 0 aromatic carbocycles. The summed E-state index contributed by atoms with van der Waals surface area (Å²) in [4.78, 5) is 41.3. The standard InChI is InChI=1S/C23H33N5O4/c1-17(29)28(16-20(30)32-23(2,3)4)18-9-8-13-27(14-10-18)22(31)19-15-24-25(5)21(19)26-11-6-7-12-26/h6-7,11-12,15,18H,8-10,13-14,16H2,1-5H3/t18-/m0/s1. The van der Waals surface area contributed by atoms with Crippen molar-refractivity contribution < 1.29 is 19.1 Å². The number of carbonyl (C=O) groups excluding carboxylic acids is 3. The number of rotatable bonds is 5. The van der Waals surface area contributed by atoms with Crippen LogP contribution in [-0.2, 0) is 21.4 Å². The summed E-state index contributed by atoms with van der Waals surface area (Å²) in [5, 5.41) is 4.28. The molecule has 0 saturated carbocycles. The number of amides is 2. The molecule has 9 heteroatoms. The number of ether oxygens (including phenoxy) is 1. The quantitative estimate of drug-likeness (QED) is 0.662. The van der Waals surface area contributed by atoms with Crippen LogP contribution >= 0.6 is 0 Å². The van der Waals surface area contributed by atoms with Crippen LogP contribution in [0, 0.1) is 0 Å². The number of aryl methyl sites for hydroxylation is 1. The van der Waals surface area contributed by atoms with E-state index in [2.05, 4.69) is 5.10 Å². The number of hydrogen-bond acceptors (Lipinski definition) is 5. The van der Waals surface area contributed by atoms with Crippen molar-refractivity contribution in [2.24, 2.45) is 7.05 Å². The van der Waals surface area contributed by atoms with Crippen LogP contribution in [0.4, 0.5) is 0 Å². The van der Waals surface area contributed by atoms with Crippen molar-refractivity contribution in [1.29, 1.82) is 0 Å². The summed E-state index contributed by atoms with van der Waals surface area (Å²) in [5.74, 6) is 0.0550. The summed E-state index contributed by atoms with van der Waals surface area (Å²) < 4.78 is 8.96. The molecule has 3 rings (SSSR count). The fraction of sp³-hybridized carbons (Fsp3) is 0.565. The second-order valence-corrected chi connectivity index (χ2v) is 9.21. The fourth-order valence-corrected chi connectivity index (χ4v) is 4.14. The fourth-order valence-electron chi connectivity index (χ4n) is 4.14. The SMILES string of the molecule is CC(=O)N(CC(=O)OC(C)(C)C)[C@H]1CCCN(C(=O)c2cnn(C)c2-n2cccc2)CC1. The maximum absolute atomic E-state index is 13.3. The van der Waals surface area contributed by atoms with Gasteiger partial charge in [0.15, 0.2) is 0 Å². The van der Waals surface area contributed by atoms with E-state index >= 15 is 0 Å². The Kier molecular flexibility index (Phi) is 7.06. The van der Waals surface area contributed by atoms with Crippen molar-refractivity contribution in [2.45, 2.75) is 58.6 Å². The molecule has 0 N–H and O–H groups in total. The molecule has 2 amide bonds. The van der Waals surface area contributed by atoms with E-state index in [1.54, 1.807) is 36.5 Å². The van der Waals surface area contributed by atoms with Crippen LogP contribution in [0.2, 0.25) is 0 Å². The highest BCUT2D eigenvalue weighted by atomic mass is 16.6. The van der Waals surface area contributed by atoms with Gasteiger partial charge in [-0.25, -0.2) is 0 Å². The summed E-state index contributed by atoms with van der Waals surface area (Å²) in [6, 6.07) is 3.69. The van der Waals surface area contributed by atoms with E-state index in [9.17, 15) is 14.4 Å². The zero-order valence-electron chi connectivity index (χ0n) is 19.6. The van der Waals surface area contributed by atoms with Gasteiger partial charge in [-0.3, -0.25) is 19.1 Å². The lowest BCUT2D eigenvalue weighted by molar-refractivity contribution is -0.159. The molecule has 3 heterocycles. The topological polar surface area (TPSA) is 89.7 Å². The normalized spacial score (nSPS) is 17.0. The van der Waals surface area contributed by atoms with Gasteiger partial charge in [-0.15, -0.1) is 0 Å². The van der Waals surface area contributed by atoms with Crippen LogP contribution in [0.25, 0.3) is 5.82 Å². The maximum Gasteiger partial charge on any atom is 0.326 e. The molecule has 9 nitrogen and oxygen atoms in total. The van der Waals surface area contributed by atoms with Gasteiger partial charge in [0.2, 0.25) is 5.91 Å². The van der Waals surface area contributed by atoms with E-state index in [1.165, 1.54) is 6.92 Å². The molecule has 174 valence electrons. The average molecular weight is 444 g/mol. The Hall–Kier alpha value is -3.10. The zero-order chi connectivity index (χ0) is 23.5. The van der Waals surface area contributed by atoms with Crippen LogP contribution in [-0.4, -0.2) is 73.2 Å². The molecule has 0 bridgehead atoms. The highest BCUT2D eigenvalue weighted by Crippen LogP contribution is 2.22. The van der Waals surface area contributed by atoms with Crippen LogP contribution in [0.1, 0.15) is 57.3 Å². The Morgan fingerprint density at radius 3 is 2.47 bits per heavy atom. The molecule has 0 unspecified atom stereocenters. The minimum absolute atomic E-state index is 0.0778. The van der Waals surface area contributed by atoms with Crippen molar-refractivity contribution in [2.75, 3.05) is 19.6 Å². The highest BCUT2D eigenvalue weighted by molar-refractivity contribution is 5.97. The Balaban J connectivity index is 1.70. The van der Waals surface area contributed by atoms with Gasteiger partial charge in [0.1, 0.15) is 23.5 Å². The van der Waals surface area contributed by atoms with E-state index in [4.69, 9.17) is 4.74 Å². The molecule has 0 radical (unpaired) electrons. The summed E-state index contributed by atoms with van der Waals surface area (Å²) in [5.41, 5.74) is -0.0628. The molecule has 2 aromatic heterocycles. The zero-order valence-corrected chi connectivity index (χ0v) is 19.6. The van der Waals surface area contributed by atoms with E-state index in [0.717, 1.165) is 18.7 Å². The number of esters is 1. The molecule has 1 saturated heterocycles. The second kappa shape index (κ2) is 9.58. The Bertz CT molecular complexity index is 958. The van der Waals surface area contributed by atoms with Gasteiger partial charge >= 0.3 is 5.97 Å². The van der Waals surface area contributed by atoms with Crippen LogP contribution in [0.15, 0.2) is 30.7 Å². The summed E-state index contributed by atoms with van der Waals surface area (Å²) in [6.07, 6.45) is 7.44. The van der Waals surface area contributed by atoms with Crippen molar-refractivity contribution in [3.05, 3.63) is 36.3 Å². The van der Waals surface area contributed by atoms with Gasteiger partial charge in [0.05, 0.1) is 6.20 Å². The lowest BCUT2D eigenvalue weighted by atomic mass is 10.1. The third-order valence-electron chi connectivity index (χ3n) is 5.54. The first-order chi connectivity index (χ1) is 15.1. The molecule has 1 fully saturated rings. The lowest BCUT2D eigenvalue weighted by Crippen LogP contribution is -2.44. The van der Waals surface area contributed by atoms with Gasteiger partial charge in [-0.2, -0.15) is 5.10 Å². The summed E-state index contributed by atoms with van der Waals surface area (Å²) in [7, 11) is 1.81. The Morgan fingerprint density at radius 2 is 1.84 bits per heavy atom. The molecular formula is C23H33N5O4. The smallest absolute Gasteiger partial charge is 0.326 e. The van der Waals surface area contributed by atoms with Crippen molar-refractivity contribution >= 4 is 17.8 Å². The number of nitrogens with zero attached hydrogens (tertiary/aromatic N) is 5. The second-order valence-electron chi connectivity index (χ2n) is 9.21. The largest absolute Gasteiger partial charge is 0.459 e. The molecule has 1 aliphatic heterocycles. The predicted octanol–water partition coefficient (Wildman–Crippen LogP) is 2.40. The van der Waals surface area contributed by atoms with Gasteiger partial charge in [-0.1, -0.05) is 0 Å². The van der Waals surface area contributed by atoms with E-state index < -0.39 is 11.6 Å². The summed E-state index contributed by atoms with van der Waals surface area (Å²) >= 11 is 0. The molecule has 32 heavy (non-hydrogen) atoms. The van der Waals surface area contributed by atoms with Crippen molar-refractivity contribution in [3.8, 4) is 5.82 Å². The van der Waals surface area contributed by atoms with Crippen LogP contribution < -0.4 is 0 Å². The van der Waals surface area contributed by atoms with Crippen molar-refractivity contribution in [1.82, 2.24) is 24.1 Å². The van der Waals surface area contributed by atoms with Gasteiger partial charge < -0.3 is 19.1 Å². The predicted molar refractivity (Wildman–Crippen MR) is 119 cm³/mol. The Labute approximate surface area is 188 Å². The van der Waals surface area contributed by atoms with Gasteiger partial charge in [-0.05, 0) is 52.2 Å². The number of carbonyl (C=O) groups is 3. The van der Waals surface area contributed by atoms with Crippen molar-refractivity contribution in [3.63, 3.8) is 0 Å². The van der Waals surface area contributed by atoms with Crippen LogP contribution in [0.5, 0.6) is 0 Å². The van der Waals surface area contributed by atoms with E-state index in [1.807, 2.05) is 41.0 Å². The van der Waals surface area contributed by atoms with Gasteiger partial charge in [0, 0.05) is 45.5 Å². The molecule has 0 spiro atoms.